The molecule has 0 aromatic heterocycles. The molecule has 0 spiro atoms. The number of ether oxygens (including phenoxy) is 2. The van der Waals surface area contributed by atoms with Gasteiger partial charge in [-0.3, -0.25) is 4.79 Å². The highest BCUT2D eigenvalue weighted by atomic mass is 19.4. The number of carbonyl (C=O) groups is 2. The Morgan fingerprint density at radius 2 is 1.75 bits per heavy atom. The molecular weight excluding hydrogens is 279 g/mol. The van der Waals surface area contributed by atoms with Crippen LogP contribution >= 0.6 is 0 Å². The molecular formula is C12H12F3NO4. The molecule has 0 fully saturated rings. The number of carbonyl (C=O) groups excluding carboxylic acids is 2. The summed E-state index contributed by atoms with van der Waals surface area (Å²) >= 11 is 0. The van der Waals surface area contributed by atoms with Gasteiger partial charge < -0.3 is 14.8 Å². The molecule has 8 heteroatoms. The van der Waals surface area contributed by atoms with E-state index in [1.54, 1.807) is 0 Å². The lowest BCUT2D eigenvalue weighted by molar-refractivity contribution is -0.274. The molecule has 110 valence electrons. The summed E-state index contributed by atoms with van der Waals surface area (Å²) < 4.78 is 44.3. The van der Waals surface area contributed by atoms with Crippen molar-refractivity contribution in [2.24, 2.45) is 0 Å². The van der Waals surface area contributed by atoms with Crippen LogP contribution in [-0.2, 0) is 9.53 Å². The average molecular weight is 291 g/mol. The van der Waals surface area contributed by atoms with Crippen molar-refractivity contribution in [3.05, 3.63) is 29.8 Å². The average Bonchev–Trinajstić information content (AvgIpc) is 2.36. The van der Waals surface area contributed by atoms with Crippen molar-refractivity contribution in [2.75, 3.05) is 7.05 Å². The highest BCUT2D eigenvalue weighted by molar-refractivity contribution is 5.92. The molecule has 1 aromatic carbocycles. The van der Waals surface area contributed by atoms with Crippen molar-refractivity contribution >= 4 is 11.9 Å². The number of rotatable bonds is 4. The van der Waals surface area contributed by atoms with Gasteiger partial charge in [0, 0.05) is 7.05 Å². The molecule has 0 bridgehead atoms. The fourth-order valence-electron chi connectivity index (χ4n) is 1.28. The summed E-state index contributed by atoms with van der Waals surface area (Å²) in [6, 6.07) is 4.18. The van der Waals surface area contributed by atoms with Gasteiger partial charge in [-0.2, -0.15) is 0 Å². The van der Waals surface area contributed by atoms with Crippen LogP contribution in [0.3, 0.4) is 0 Å². The predicted molar refractivity (Wildman–Crippen MR) is 62.1 cm³/mol. The molecule has 1 unspecified atom stereocenters. The first-order valence-electron chi connectivity index (χ1n) is 5.51. The standard InChI is InChI=1S/C12H12F3NO4/c1-7(10(17)16-2)19-11(18)8-3-5-9(6-4-8)20-12(13,14)15/h3-7H,1-2H3,(H,16,17). The van der Waals surface area contributed by atoms with Gasteiger partial charge in [-0.15, -0.1) is 13.2 Å². The van der Waals surface area contributed by atoms with Gasteiger partial charge >= 0.3 is 12.3 Å². The molecule has 0 heterocycles. The van der Waals surface area contributed by atoms with Crippen LogP contribution in [0.1, 0.15) is 17.3 Å². The third-order valence-corrected chi connectivity index (χ3v) is 2.22. The molecule has 0 saturated heterocycles. The van der Waals surface area contributed by atoms with Gasteiger partial charge in [-0.05, 0) is 31.2 Å². The molecule has 1 aromatic rings. The SMILES string of the molecule is CNC(=O)C(C)OC(=O)c1ccc(OC(F)(F)F)cc1. The van der Waals surface area contributed by atoms with Crippen molar-refractivity contribution in [1.29, 1.82) is 0 Å². The van der Waals surface area contributed by atoms with E-state index in [4.69, 9.17) is 4.74 Å². The maximum atomic E-state index is 11.9. The zero-order valence-corrected chi connectivity index (χ0v) is 10.7. The number of benzene rings is 1. The molecule has 0 radical (unpaired) electrons. The molecule has 5 nitrogen and oxygen atoms in total. The second kappa shape index (κ2) is 6.27. The topological polar surface area (TPSA) is 64.6 Å². The van der Waals surface area contributed by atoms with E-state index in [9.17, 15) is 22.8 Å². The molecule has 0 aliphatic heterocycles. The van der Waals surface area contributed by atoms with Gasteiger partial charge in [0.1, 0.15) is 5.75 Å². The maximum Gasteiger partial charge on any atom is 0.573 e. The van der Waals surface area contributed by atoms with Crippen LogP contribution in [0.15, 0.2) is 24.3 Å². The first kappa shape index (κ1) is 15.8. The normalized spacial score (nSPS) is 12.4. The highest BCUT2D eigenvalue weighted by Gasteiger charge is 2.31. The summed E-state index contributed by atoms with van der Waals surface area (Å²) in [4.78, 5) is 22.8. The van der Waals surface area contributed by atoms with E-state index < -0.39 is 30.1 Å². The number of amides is 1. The number of hydrogen-bond donors (Lipinski definition) is 1. The van der Waals surface area contributed by atoms with Gasteiger partial charge in [-0.25, -0.2) is 4.79 Å². The minimum atomic E-state index is -4.80. The Labute approximate surface area is 112 Å². The van der Waals surface area contributed by atoms with E-state index in [-0.39, 0.29) is 5.56 Å². The van der Waals surface area contributed by atoms with Crippen LogP contribution in [0.4, 0.5) is 13.2 Å². The van der Waals surface area contributed by atoms with Gasteiger partial charge in [0.05, 0.1) is 5.56 Å². The van der Waals surface area contributed by atoms with Crippen LogP contribution in [0.2, 0.25) is 0 Å². The van der Waals surface area contributed by atoms with E-state index in [2.05, 4.69) is 10.1 Å². The van der Waals surface area contributed by atoms with Crippen LogP contribution in [0.5, 0.6) is 5.75 Å². The Kier molecular flexibility index (Phi) is 4.95. The van der Waals surface area contributed by atoms with E-state index in [0.29, 0.717) is 0 Å². The number of hydrogen-bond acceptors (Lipinski definition) is 4. The minimum absolute atomic E-state index is 0.00952. The Morgan fingerprint density at radius 1 is 1.20 bits per heavy atom. The summed E-state index contributed by atoms with van der Waals surface area (Å²) in [5.74, 6) is -1.76. The predicted octanol–water partition coefficient (Wildman–Crippen LogP) is 1.88. The summed E-state index contributed by atoms with van der Waals surface area (Å²) in [6.45, 7) is 1.37. The lowest BCUT2D eigenvalue weighted by Crippen LogP contribution is -2.33. The van der Waals surface area contributed by atoms with E-state index in [1.165, 1.54) is 14.0 Å². The van der Waals surface area contributed by atoms with Crippen molar-refractivity contribution in [3.63, 3.8) is 0 Å². The zero-order valence-electron chi connectivity index (χ0n) is 10.7. The largest absolute Gasteiger partial charge is 0.573 e. The molecule has 1 rings (SSSR count). The summed E-state index contributed by atoms with van der Waals surface area (Å²) in [5.41, 5.74) is 0.00952. The second-order valence-electron chi connectivity index (χ2n) is 3.73. The number of alkyl halides is 3. The highest BCUT2D eigenvalue weighted by Crippen LogP contribution is 2.22. The molecule has 1 amide bonds. The van der Waals surface area contributed by atoms with Crippen molar-refractivity contribution in [3.8, 4) is 5.75 Å². The summed E-state index contributed by atoms with van der Waals surface area (Å²) in [6.07, 6.45) is -5.80. The van der Waals surface area contributed by atoms with Gasteiger partial charge in [0.2, 0.25) is 0 Å². The Hall–Kier alpha value is -2.25. The summed E-state index contributed by atoms with van der Waals surface area (Å²) in [7, 11) is 1.38. The monoisotopic (exact) mass is 291 g/mol. The first-order valence-corrected chi connectivity index (χ1v) is 5.51. The lowest BCUT2D eigenvalue weighted by atomic mass is 10.2. The van der Waals surface area contributed by atoms with Crippen molar-refractivity contribution in [2.45, 2.75) is 19.4 Å². The number of nitrogens with one attached hydrogen (secondary N) is 1. The van der Waals surface area contributed by atoms with E-state index in [0.717, 1.165) is 24.3 Å². The molecule has 0 saturated carbocycles. The van der Waals surface area contributed by atoms with Gasteiger partial charge in [0.25, 0.3) is 5.91 Å². The fourth-order valence-corrected chi connectivity index (χ4v) is 1.28. The lowest BCUT2D eigenvalue weighted by Gasteiger charge is -2.12. The second-order valence-corrected chi connectivity index (χ2v) is 3.73. The quantitative estimate of drug-likeness (QED) is 0.860. The van der Waals surface area contributed by atoms with Crippen molar-refractivity contribution in [1.82, 2.24) is 5.32 Å². The van der Waals surface area contributed by atoms with Gasteiger partial charge in [-0.1, -0.05) is 0 Å². The zero-order chi connectivity index (χ0) is 15.3. The Balaban J connectivity index is 2.69. The minimum Gasteiger partial charge on any atom is -0.449 e. The van der Waals surface area contributed by atoms with Crippen LogP contribution in [0.25, 0.3) is 0 Å². The van der Waals surface area contributed by atoms with Gasteiger partial charge in [0.15, 0.2) is 6.10 Å². The van der Waals surface area contributed by atoms with Crippen LogP contribution in [-0.4, -0.2) is 31.4 Å². The van der Waals surface area contributed by atoms with Crippen LogP contribution < -0.4 is 10.1 Å². The van der Waals surface area contributed by atoms with E-state index >= 15 is 0 Å². The van der Waals surface area contributed by atoms with Crippen LogP contribution in [0, 0.1) is 0 Å². The third-order valence-electron chi connectivity index (χ3n) is 2.22. The summed E-state index contributed by atoms with van der Waals surface area (Å²) in [5, 5.41) is 2.30. The number of esters is 1. The maximum absolute atomic E-state index is 11.9. The molecule has 1 N–H and O–H groups in total. The Bertz CT molecular complexity index is 484. The van der Waals surface area contributed by atoms with Crippen molar-refractivity contribution < 1.29 is 32.2 Å². The number of halogens is 3. The Morgan fingerprint density at radius 3 is 2.20 bits per heavy atom. The smallest absolute Gasteiger partial charge is 0.449 e. The first-order chi connectivity index (χ1) is 9.23. The molecule has 0 aliphatic rings. The molecule has 0 aliphatic carbocycles. The third kappa shape index (κ3) is 4.79. The molecule has 20 heavy (non-hydrogen) atoms. The molecule has 1 atom stereocenters. The number of likely N-dealkylation sites (N-methyl/N-ethyl adjacent to an activating group) is 1. The van der Waals surface area contributed by atoms with E-state index in [1.807, 2.05) is 0 Å². The fraction of sp³-hybridized carbons (Fsp3) is 0.333.